The van der Waals surface area contributed by atoms with Crippen LogP contribution in [-0.4, -0.2) is 40.3 Å². The first-order valence-corrected chi connectivity index (χ1v) is 10.7. The molecule has 0 radical (unpaired) electrons. The Kier molecular flexibility index (Phi) is 7.78. The van der Waals surface area contributed by atoms with Crippen LogP contribution in [0.25, 0.3) is 16.6 Å². The van der Waals surface area contributed by atoms with Crippen molar-refractivity contribution in [3.05, 3.63) is 76.4 Å². The van der Waals surface area contributed by atoms with E-state index < -0.39 is 0 Å². The number of nitrogens with one attached hydrogen (secondary N) is 1. The Morgan fingerprint density at radius 2 is 2.00 bits per heavy atom. The monoisotopic (exact) mass is 435 g/mol. The maximum Gasteiger partial charge on any atom is 0.266 e. The van der Waals surface area contributed by atoms with Gasteiger partial charge in [0.25, 0.3) is 11.5 Å². The number of aliphatic hydroxyl groups is 1. The van der Waals surface area contributed by atoms with E-state index in [4.69, 9.17) is 9.84 Å². The number of carbonyl (C=O) groups is 1. The fraction of sp³-hybridized carbons (Fsp3) is 0.320. The van der Waals surface area contributed by atoms with Crippen LogP contribution >= 0.6 is 0 Å². The lowest BCUT2D eigenvalue weighted by molar-refractivity contribution is 0.0953. The van der Waals surface area contributed by atoms with Gasteiger partial charge in [0.1, 0.15) is 18.2 Å². The van der Waals surface area contributed by atoms with E-state index in [-0.39, 0.29) is 18.1 Å². The molecule has 0 aliphatic heterocycles. The highest BCUT2D eigenvalue weighted by Gasteiger charge is 2.13. The van der Waals surface area contributed by atoms with Crippen LogP contribution in [0.5, 0.6) is 5.75 Å². The molecule has 0 saturated heterocycles. The number of nitrogens with zero attached hydrogens (tertiary/aromatic N) is 2. The summed E-state index contributed by atoms with van der Waals surface area (Å²) in [6.07, 6.45) is 2.38. The largest absolute Gasteiger partial charge is 0.489 e. The maximum atomic E-state index is 13.3. The summed E-state index contributed by atoms with van der Waals surface area (Å²) < 4.78 is 7.18. The molecule has 1 aromatic heterocycles. The van der Waals surface area contributed by atoms with Crippen molar-refractivity contribution in [1.82, 2.24) is 14.9 Å². The fourth-order valence-electron chi connectivity index (χ4n) is 3.38. The molecule has 0 spiro atoms. The topological polar surface area (TPSA) is 93.5 Å². The van der Waals surface area contributed by atoms with Gasteiger partial charge in [0.15, 0.2) is 0 Å². The van der Waals surface area contributed by atoms with E-state index in [0.717, 1.165) is 24.8 Å². The first kappa shape index (κ1) is 23.2. The zero-order valence-electron chi connectivity index (χ0n) is 18.6. The van der Waals surface area contributed by atoms with E-state index >= 15 is 0 Å². The van der Waals surface area contributed by atoms with Gasteiger partial charge in [0.2, 0.25) is 0 Å². The number of hydrogen-bond donors (Lipinski definition) is 2. The molecule has 0 bridgehead atoms. The number of unbranched alkanes of at least 4 members (excludes halogenated alkanes) is 2. The molecule has 7 nitrogen and oxygen atoms in total. The molecular formula is C25H29N3O4. The maximum absolute atomic E-state index is 13.3. The molecule has 0 unspecified atom stereocenters. The molecule has 1 amide bonds. The van der Waals surface area contributed by atoms with E-state index in [1.165, 1.54) is 4.57 Å². The van der Waals surface area contributed by atoms with Gasteiger partial charge < -0.3 is 15.2 Å². The summed E-state index contributed by atoms with van der Waals surface area (Å²) in [6.45, 7) is 8.52. The van der Waals surface area contributed by atoms with Crippen LogP contribution in [0.2, 0.25) is 0 Å². The van der Waals surface area contributed by atoms with E-state index in [1.807, 2.05) is 6.92 Å². The van der Waals surface area contributed by atoms with Gasteiger partial charge in [-0.25, -0.2) is 4.98 Å². The SMILES string of the molecule is C=C(C)COc1ccc2nc(C)n(-c3cccc(C(=O)NCCCCCO)c3)c(=O)c2c1. The van der Waals surface area contributed by atoms with Crippen molar-refractivity contribution in [2.24, 2.45) is 0 Å². The van der Waals surface area contributed by atoms with E-state index in [0.29, 0.717) is 46.9 Å². The van der Waals surface area contributed by atoms with Crippen molar-refractivity contribution in [3.8, 4) is 11.4 Å². The lowest BCUT2D eigenvalue weighted by Gasteiger charge is -2.13. The minimum atomic E-state index is -0.227. The standard InChI is InChI=1S/C25H29N3O4/c1-17(2)16-32-21-10-11-23-22(15-21)25(31)28(18(3)27-23)20-9-7-8-19(14-20)24(30)26-12-5-4-6-13-29/h7-11,14-15,29H,1,4-6,12-13,16H2,2-3H3,(H,26,30). The summed E-state index contributed by atoms with van der Waals surface area (Å²) >= 11 is 0. The van der Waals surface area contributed by atoms with Crippen molar-refractivity contribution >= 4 is 16.8 Å². The molecule has 7 heteroatoms. The van der Waals surface area contributed by atoms with Gasteiger partial charge in [-0.2, -0.15) is 0 Å². The molecular weight excluding hydrogens is 406 g/mol. The van der Waals surface area contributed by atoms with Gasteiger partial charge in [-0.1, -0.05) is 12.6 Å². The number of aliphatic hydroxyl groups excluding tert-OH is 1. The third-order valence-corrected chi connectivity index (χ3v) is 4.98. The molecule has 0 atom stereocenters. The van der Waals surface area contributed by atoms with Crippen LogP contribution in [0, 0.1) is 6.92 Å². The van der Waals surface area contributed by atoms with Crippen LogP contribution in [-0.2, 0) is 0 Å². The van der Waals surface area contributed by atoms with Crippen molar-refractivity contribution in [2.75, 3.05) is 19.8 Å². The summed E-state index contributed by atoms with van der Waals surface area (Å²) in [6, 6.07) is 12.2. The zero-order valence-corrected chi connectivity index (χ0v) is 18.6. The normalized spacial score (nSPS) is 10.8. The number of rotatable bonds is 10. The third kappa shape index (κ3) is 5.62. The Labute approximate surface area is 187 Å². The zero-order chi connectivity index (χ0) is 23.1. The van der Waals surface area contributed by atoms with Crippen LogP contribution in [0.3, 0.4) is 0 Å². The molecule has 3 aromatic rings. The Bertz CT molecular complexity index is 1180. The first-order valence-electron chi connectivity index (χ1n) is 10.7. The third-order valence-electron chi connectivity index (χ3n) is 4.98. The number of aromatic nitrogens is 2. The Morgan fingerprint density at radius 1 is 1.19 bits per heavy atom. The molecule has 0 aliphatic rings. The highest BCUT2D eigenvalue weighted by molar-refractivity contribution is 5.94. The second-order valence-electron chi connectivity index (χ2n) is 7.81. The number of fused-ring (bicyclic) bond motifs is 1. The van der Waals surface area contributed by atoms with E-state index in [9.17, 15) is 9.59 Å². The van der Waals surface area contributed by atoms with Gasteiger partial charge in [-0.3, -0.25) is 14.2 Å². The number of aryl methyl sites for hydroxylation is 1. The van der Waals surface area contributed by atoms with E-state index in [1.54, 1.807) is 49.4 Å². The number of carbonyl (C=O) groups excluding carboxylic acids is 1. The summed E-state index contributed by atoms with van der Waals surface area (Å²) in [5.74, 6) is 0.898. The lowest BCUT2D eigenvalue weighted by Crippen LogP contribution is -2.26. The molecule has 0 aliphatic carbocycles. The second-order valence-corrected chi connectivity index (χ2v) is 7.81. The summed E-state index contributed by atoms with van der Waals surface area (Å²) in [4.78, 5) is 30.4. The van der Waals surface area contributed by atoms with Gasteiger partial charge in [0.05, 0.1) is 16.6 Å². The van der Waals surface area contributed by atoms with Crippen molar-refractivity contribution < 1.29 is 14.6 Å². The molecule has 168 valence electrons. The average molecular weight is 436 g/mol. The molecule has 0 saturated carbocycles. The molecule has 1 heterocycles. The molecule has 2 aromatic carbocycles. The van der Waals surface area contributed by atoms with Gasteiger partial charge >= 0.3 is 0 Å². The fourth-order valence-corrected chi connectivity index (χ4v) is 3.38. The van der Waals surface area contributed by atoms with Gasteiger partial charge in [0, 0.05) is 18.7 Å². The van der Waals surface area contributed by atoms with Crippen LogP contribution in [0.1, 0.15) is 42.4 Å². The number of hydrogen-bond acceptors (Lipinski definition) is 5. The summed E-state index contributed by atoms with van der Waals surface area (Å²) in [7, 11) is 0. The highest BCUT2D eigenvalue weighted by atomic mass is 16.5. The number of benzene rings is 2. The molecule has 32 heavy (non-hydrogen) atoms. The van der Waals surface area contributed by atoms with Gasteiger partial charge in [-0.15, -0.1) is 0 Å². The highest BCUT2D eigenvalue weighted by Crippen LogP contribution is 2.19. The lowest BCUT2D eigenvalue weighted by atomic mass is 10.1. The van der Waals surface area contributed by atoms with Crippen LogP contribution in [0.15, 0.2) is 59.4 Å². The smallest absolute Gasteiger partial charge is 0.266 e. The quantitative estimate of drug-likeness (QED) is 0.375. The van der Waals surface area contributed by atoms with Crippen LogP contribution in [0.4, 0.5) is 0 Å². The van der Waals surface area contributed by atoms with Crippen molar-refractivity contribution in [3.63, 3.8) is 0 Å². The van der Waals surface area contributed by atoms with Crippen LogP contribution < -0.4 is 15.6 Å². The molecule has 2 N–H and O–H groups in total. The van der Waals surface area contributed by atoms with Crippen molar-refractivity contribution in [2.45, 2.75) is 33.1 Å². The average Bonchev–Trinajstić information content (AvgIpc) is 2.78. The number of amides is 1. The van der Waals surface area contributed by atoms with E-state index in [2.05, 4.69) is 16.9 Å². The summed E-state index contributed by atoms with van der Waals surface area (Å²) in [5.41, 5.74) is 2.28. The molecule has 3 rings (SSSR count). The van der Waals surface area contributed by atoms with Crippen molar-refractivity contribution in [1.29, 1.82) is 0 Å². The minimum Gasteiger partial charge on any atom is -0.489 e. The Morgan fingerprint density at radius 3 is 2.75 bits per heavy atom. The number of ether oxygens (including phenoxy) is 1. The summed E-state index contributed by atoms with van der Waals surface area (Å²) in [5, 5.41) is 12.2. The Balaban J connectivity index is 1.89. The second kappa shape index (κ2) is 10.7. The molecule has 0 fully saturated rings. The predicted octanol–water partition coefficient (Wildman–Crippen LogP) is 3.54. The predicted molar refractivity (Wildman–Crippen MR) is 126 cm³/mol. The first-order chi connectivity index (χ1) is 15.4. The minimum absolute atomic E-state index is 0.158. The Hall–Kier alpha value is -3.45. The van der Waals surface area contributed by atoms with Gasteiger partial charge in [-0.05, 0) is 75.1 Å².